The van der Waals surface area contributed by atoms with Gasteiger partial charge in [0.25, 0.3) is 0 Å². The van der Waals surface area contributed by atoms with Crippen molar-refractivity contribution in [3.8, 4) is 23.1 Å². The van der Waals surface area contributed by atoms with Crippen molar-refractivity contribution in [3.63, 3.8) is 0 Å². The highest BCUT2D eigenvalue weighted by Crippen LogP contribution is 2.39. The molecule has 1 fully saturated rings. The van der Waals surface area contributed by atoms with Crippen LogP contribution in [0.4, 0.5) is 0 Å². The SMILES string of the molecule is COc1ccc(C#N)cc1-c1ccc([C@H]2C[C@@H]2N)cn1. The summed E-state index contributed by atoms with van der Waals surface area (Å²) in [5, 5.41) is 9.00. The van der Waals surface area contributed by atoms with E-state index in [1.54, 1.807) is 25.3 Å². The second-order valence-electron chi connectivity index (χ2n) is 5.01. The molecular weight excluding hydrogens is 250 g/mol. The van der Waals surface area contributed by atoms with E-state index in [0.717, 1.165) is 17.7 Å². The Morgan fingerprint density at radius 1 is 1.35 bits per heavy atom. The molecule has 1 aromatic carbocycles. The third kappa shape index (κ3) is 2.24. The van der Waals surface area contributed by atoms with E-state index in [2.05, 4.69) is 17.1 Å². The third-order valence-electron chi connectivity index (χ3n) is 3.66. The van der Waals surface area contributed by atoms with Crippen LogP contribution in [-0.4, -0.2) is 18.1 Å². The van der Waals surface area contributed by atoms with Crippen molar-refractivity contribution in [2.75, 3.05) is 7.11 Å². The van der Waals surface area contributed by atoms with Gasteiger partial charge in [-0.15, -0.1) is 0 Å². The highest BCUT2D eigenvalue weighted by Gasteiger charge is 2.34. The second-order valence-corrected chi connectivity index (χ2v) is 5.01. The van der Waals surface area contributed by atoms with Gasteiger partial charge < -0.3 is 10.5 Å². The zero-order valence-electron chi connectivity index (χ0n) is 11.2. The van der Waals surface area contributed by atoms with Gasteiger partial charge in [0.15, 0.2) is 0 Å². The van der Waals surface area contributed by atoms with E-state index >= 15 is 0 Å². The lowest BCUT2D eigenvalue weighted by Gasteiger charge is -2.09. The Bertz CT molecular complexity index is 673. The van der Waals surface area contributed by atoms with E-state index in [1.807, 2.05) is 12.3 Å². The van der Waals surface area contributed by atoms with Crippen LogP contribution in [0, 0.1) is 11.3 Å². The quantitative estimate of drug-likeness (QED) is 0.925. The zero-order valence-corrected chi connectivity index (χ0v) is 11.2. The number of methoxy groups -OCH3 is 1. The minimum Gasteiger partial charge on any atom is -0.496 e. The van der Waals surface area contributed by atoms with Gasteiger partial charge in [-0.05, 0) is 36.2 Å². The van der Waals surface area contributed by atoms with E-state index in [1.165, 1.54) is 5.56 Å². The Kier molecular flexibility index (Phi) is 3.13. The summed E-state index contributed by atoms with van der Waals surface area (Å²) >= 11 is 0. The van der Waals surface area contributed by atoms with Crippen LogP contribution in [-0.2, 0) is 0 Å². The van der Waals surface area contributed by atoms with Crippen molar-refractivity contribution in [1.82, 2.24) is 4.98 Å². The fraction of sp³-hybridized carbons (Fsp3) is 0.250. The Morgan fingerprint density at radius 2 is 2.15 bits per heavy atom. The molecule has 1 saturated carbocycles. The molecule has 0 spiro atoms. The Morgan fingerprint density at radius 3 is 2.70 bits per heavy atom. The van der Waals surface area contributed by atoms with Gasteiger partial charge >= 0.3 is 0 Å². The van der Waals surface area contributed by atoms with Gasteiger partial charge in [0.05, 0.1) is 24.4 Å². The topological polar surface area (TPSA) is 71.9 Å². The number of hydrogen-bond donors (Lipinski definition) is 1. The van der Waals surface area contributed by atoms with Gasteiger partial charge in [-0.2, -0.15) is 5.26 Å². The molecule has 0 saturated heterocycles. The second kappa shape index (κ2) is 4.95. The number of ether oxygens (including phenoxy) is 1. The van der Waals surface area contributed by atoms with Crippen LogP contribution in [0.3, 0.4) is 0 Å². The summed E-state index contributed by atoms with van der Waals surface area (Å²) < 4.78 is 5.34. The molecule has 2 N–H and O–H groups in total. The summed E-state index contributed by atoms with van der Waals surface area (Å²) in [6.45, 7) is 0. The predicted octanol–water partition coefficient (Wildman–Crippen LogP) is 2.44. The van der Waals surface area contributed by atoms with Crippen molar-refractivity contribution in [2.24, 2.45) is 5.73 Å². The van der Waals surface area contributed by atoms with E-state index in [4.69, 9.17) is 15.7 Å². The summed E-state index contributed by atoms with van der Waals surface area (Å²) in [6, 6.07) is 11.7. The molecular formula is C16H15N3O. The first-order valence-electron chi connectivity index (χ1n) is 6.53. The number of rotatable bonds is 3. The molecule has 2 aromatic rings. The molecule has 1 heterocycles. The number of nitrogens with two attached hydrogens (primary N) is 1. The summed E-state index contributed by atoms with van der Waals surface area (Å²) in [6.07, 6.45) is 2.90. The first-order chi connectivity index (χ1) is 9.72. The standard InChI is InChI=1S/C16H15N3O/c1-20-16-5-2-10(8-17)6-13(16)15-4-3-11(9-19-15)12-7-14(12)18/h2-6,9,12,14H,7,18H2,1H3/t12-,14+/m1/s1. The molecule has 100 valence electrons. The highest BCUT2D eigenvalue weighted by molar-refractivity contribution is 5.69. The third-order valence-corrected chi connectivity index (χ3v) is 3.66. The molecule has 0 amide bonds. The summed E-state index contributed by atoms with van der Waals surface area (Å²) in [7, 11) is 1.61. The lowest BCUT2D eigenvalue weighted by Crippen LogP contribution is -2.01. The van der Waals surface area contributed by atoms with Crippen molar-refractivity contribution >= 4 is 0 Å². The maximum atomic E-state index is 9.00. The normalized spacial score (nSPS) is 20.2. The van der Waals surface area contributed by atoms with E-state index in [0.29, 0.717) is 17.2 Å². The van der Waals surface area contributed by atoms with Crippen LogP contribution in [0.2, 0.25) is 0 Å². The summed E-state index contributed by atoms with van der Waals surface area (Å²) in [5.41, 5.74) is 9.25. The molecule has 4 heteroatoms. The van der Waals surface area contributed by atoms with Crippen molar-refractivity contribution in [2.45, 2.75) is 18.4 Å². The molecule has 4 nitrogen and oxygen atoms in total. The van der Waals surface area contributed by atoms with Crippen molar-refractivity contribution < 1.29 is 4.74 Å². The van der Waals surface area contributed by atoms with E-state index in [9.17, 15) is 0 Å². The number of hydrogen-bond acceptors (Lipinski definition) is 4. The lowest BCUT2D eigenvalue weighted by molar-refractivity contribution is 0.416. The Balaban J connectivity index is 1.97. The summed E-state index contributed by atoms with van der Waals surface area (Å²) in [4.78, 5) is 4.48. The van der Waals surface area contributed by atoms with Crippen LogP contribution in [0.15, 0.2) is 36.5 Å². The summed E-state index contributed by atoms with van der Waals surface area (Å²) in [5.74, 6) is 1.16. The molecule has 1 aliphatic carbocycles. The van der Waals surface area contributed by atoms with Gasteiger partial charge in [0.1, 0.15) is 5.75 Å². The van der Waals surface area contributed by atoms with Crippen LogP contribution < -0.4 is 10.5 Å². The fourth-order valence-corrected chi connectivity index (χ4v) is 2.36. The largest absolute Gasteiger partial charge is 0.496 e. The molecule has 20 heavy (non-hydrogen) atoms. The fourth-order valence-electron chi connectivity index (χ4n) is 2.36. The van der Waals surface area contributed by atoms with Crippen LogP contribution in [0.1, 0.15) is 23.5 Å². The molecule has 1 aromatic heterocycles. The number of aromatic nitrogens is 1. The molecule has 0 unspecified atom stereocenters. The van der Waals surface area contributed by atoms with Gasteiger partial charge in [-0.3, -0.25) is 4.98 Å². The van der Waals surface area contributed by atoms with Crippen LogP contribution in [0.25, 0.3) is 11.3 Å². The minimum atomic E-state index is 0.277. The van der Waals surface area contributed by atoms with E-state index < -0.39 is 0 Å². The average molecular weight is 265 g/mol. The monoisotopic (exact) mass is 265 g/mol. The lowest BCUT2D eigenvalue weighted by atomic mass is 10.1. The van der Waals surface area contributed by atoms with Crippen molar-refractivity contribution in [3.05, 3.63) is 47.7 Å². The Labute approximate surface area is 117 Å². The highest BCUT2D eigenvalue weighted by atomic mass is 16.5. The number of nitrogens with zero attached hydrogens (tertiary/aromatic N) is 2. The molecule has 0 aliphatic heterocycles. The molecule has 0 radical (unpaired) electrons. The maximum absolute atomic E-state index is 9.00. The van der Waals surface area contributed by atoms with Crippen LogP contribution >= 0.6 is 0 Å². The first-order valence-corrected chi connectivity index (χ1v) is 6.53. The predicted molar refractivity (Wildman–Crippen MR) is 76.3 cm³/mol. The maximum Gasteiger partial charge on any atom is 0.128 e. The number of benzene rings is 1. The van der Waals surface area contributed by atoms with Crippen LogP contribution in [0.5, 0.6) is 5.75 Å². The average Bonchev–Trinajstić information content (AvgIpc) is 3.23. The zero-order chi connectivity index (χ0) is 14.1. The molecule has 3 rings (SSSR count). The minimum absolute atomic E-state index is 0.277. The van der Waals surface area contributed by atoms with Gasteiger partial charge in [0, 0.05) is 23.7 Å². The first kappa shape index (κ1) is 12.6. The van der Waals surface area contributed by atoms with Gasteiger partial charge in [0.2, 0.25) is 0 Å². The number of pyridine rings is 1. The van der Waals surface area contributed by atoms with Gasteiger partial charge in [-0.1, -0.05) is 6.07 Å². The molecule has 0 bridgehead atoms. The smallest absolute Gasteiger partial charge is 0.128 e. The Hall–Kier alpha value is -2.38. The van der Waals surface area contributed by atoms with E-state index in [-0.39, 0.29) is 6.04 Å². The molecule has 1 aliphatic rings. The van der Waals surface area contributed by atoms with Crippen molar-refractivity contribution in [1.29, 1.82) is 5.26 Å². The molecule has 2 atom stereocenters. The number of nitriles is 1. The van der Waals surface area contributed by atoms with Gasteiger partial charge in [-0.25, -0.2) is 0 Å².